The fourth-order valence-corrected chi connectivity index (χ4v) is 3.09. The van der Waals surface area contributed by atoms with Crippen LogP contribution in [0.3, 0.4) is 0 Å². The summed E-state index contributed by atoms with van der Waals surface area (Å²) in [7, 11) is -0.207. The summed E-state index contributed by atoms with van der Waals surface area (Å²) in [4.78, 5) is 25.4. The van der Waals surface area contributed by atoms with Crippen LogP contribution in [0.2, 0.25) is 19.6 Å². The Bertz CT molecular complexity index is 294. The van der Waals surface area contributed by atoms with Gasteiger partial charge < -0.3 is 4.90 Å². The Morgan fingerprint density at radius 2 is 1.57 bits per heavy atom. The maximum absolute atomic E-state index is 12.0. The fraction of sp³-hybridized carbons (Fsp3) is 0.778. The summed E-state index contributed by atoms with van der Waals surface area (Å²) in [5, 5.41) is 0. The Kier molecular flexibility index (Phi) is 2.26. The summed E-state index contributed by atoms with van der Waals surface area (Å²) < 4.78 is 1.47. The van der Waals surface area contributed by atoms with Gasteiger partial charge in [-0.25, -0.2) is 4.79 Å². The third kappa shape index (κ3) is 1.35. The molecule has 1 fully saturated rings. The molecule has 1 aliphatic heterocycles. The lowest BCUT2D eigenvalue weighted by molar-refractivity contribution is -0.128. The van der Waals surface area contributed by atoms with Gasteiger partial charge in [-0.05, 0) is 13.8 Å². The molecular formula is C9H18N2O2Si. The third-order valence-corrected chi connectivity index (χ3v) is 4.45. The van der Waals surface area contributed by atoms with Crippen molar-refractivity contribution in [2.45, 2.75) is 39.0 Å². The van der Waals surface area contributed by atoms with Crippen molar-refractivity contribution in [1.82, 2.24) is 9.47 Å². The highest BCUT2D eigenvalue weighted by molar-refractivity contribution is 6.78. The second kappa shape index (κ2) is 2.82. The second-order valence-electron chi connectivity index (χ2n) is 5.21. The molecule has 0 N–H and O–H groups in total. The van der Waals surface area contributed by atoms with Gasteiger partial charge in [-0.15, -0.1) is 0 Å². The number of likely N-dealkylation sites (N-methyl/N-ethyl adjacent to an activating group) is 1. The van der Waals surface area contributed by atoms with E-state index in [0.29, 0.717) is 0 Å². The van der Waals surface area contributed by atoms with Crippen LogP contribution in [-0.2, 0) is 4.79 Å². The van der Waals surface area contributed by atoms with Gasteiger partial charge in [0.1, 0.15) is 5.54 Å². The van der Waals surface area contributed by atoms with E-state index in [2.05, 4.69) is 0 Å². The number of imide groups is 1. The van der Waals surface area contributed by atoms with E-state index in [9.17, 15) is 9.59 Å². The van der Waals surface area contributed by atoms with Crippen LogP contribution < -0.4 is 0 Å². The van der Waals surface area contributed by atoms with Crippen LogP contribution in [0.25, 0.3) is 0 Å². The standard InChI is InChI=1S/C9H18N2O2Si/c1-9(2)7(12)11(14(4,5)6)8(13)10(9)3/h1-6H3. The van der Waals surface area contributed by atoms with Crippen LogP contribution in [0.4, 0.5) is 4.79 Å². The maximum atomic E-state index is 12.0. The first-order valence-electron chi connectivity index (χ1n) is 4.72. The molecule has 0 bridgehead atoms. The van der Waals surface area contributed by atoms with Gasteiger partial charge in [0.2, 0.25) is 5.91 Å². The van der Waals surface area contributed by atoms with Crippen molar-refractivity contribution in [3.8, 4) is 0 Å². The largest absolute Gasteiger partial charge is 0.319 e. The highest BCUT2D eigenvalue weighted by atomic mass is 28.3. The predicted molar refractivity (Wildman–Crippen MR) is 57.4 cm³/mol. The van der Waals surface area contributed by atoms with Gasteiger partial charge >= 0.3 is 6.03 Å². The zero-order chi connectivity index (χ0) is 11.3. The van der Waals surface area contributed by atoms with E-state index in [4.69, 9.17) is 0 Å². The minimum atomic E-state index is -1.89. The quantitative estimate of drug-likeness (QED) is 0.490. The fourth-order valence-electron chi connectivity index (χ4n) is 1.48. The number of nitrogens with zero attached hydrogens (tertiary/aromatic N) is 2. The summed E-state index contributed by atoms with van der Waals surface area (Å²) in [5.41, 5.74) is -0.683. The highest BCUT2D eigenvalue weighted by Gasteiger charge is 2.53. The molecule has 0 aromatic rings. The maximum Gasteiger partial charge on any atom is 0.319 e. The second-order valence-corrected chi connectivity index (χ2v) is 10.0. The summed E-state index contributed by atoms with van der Waals surface area (Å²) in [6.45, 7) is 9.56. The van der Waals surface area contributed by atoms with E-state index in [-0.39, 0.29) is 11.9 Å². The van der Waals surface area contributed by atoms with Crippen LogP contribution in [0, 0.1) is 0 Å². The normalized spacial score (nSPS) is 22.1. The Morgan fingerprint density at radius 1 is 1.14 bits per heavy atom. The average Bonchev–Trinajstić information content (AvgIpc) is 2.12. The molecule has 3 amide bonds. The topological polar surface area (TPSA) is 40.6 Å². The van der Waals surface area contributed by atoms with Gasteiger partial charge in [-0.3, -0.25) is 9.36 Å². The smallest absolute Gasteiger partial charge is 0.314 e. The van der Waals surface area contributed by atoms with Gasteiger partial charge in [-0.1, -0.05) is 19.6 Å². The molecule has 0 aromatic carbocycles. The first kappa shape index (κ1) is 11.2. The van der Waals surface area contributed by atoms with Gasteiger partial charge in [0.05, 0.1) is 0 Å². The van der Waals surface area contributed by atoms with Crippen LogP contribution in [0.1, 0.15) is 13.8 Å². The van der Waals surface area contributed by atoms with E-state index in [0.717, 1.165) is 0 Å². The molecule has 0 aliphatic carbocycles. The van der Waals surface area contributed by atoms with Crippen molar-refractivity contribution in [2.75, 3.05) is 7.05 Å². The van der Waals surface area contributed by atoms with Crippen molar-refractivity contribution in [3.05, 3.63) is 0 Å². The molecule has 0 unspecified atom stereocenters. The Morgan fingerprint density at radius 3 is 1.71 bits per heavy atom. The SMILES string of the molecule is CN1C(=O)N([Si](C)(C)C)C(=O)C1(C)C. The van der Waals surface area contributed by atoms with E-state index in [1.165, 1.54) is 9.47 Å². The minimum Gasteiger partial charge on any atom is -0.314 e. The molecule has 4 nitrogen and oxygen atoms in total. The lowest BCUT2D eigenvalue weighted by Gasteiger charge is -2.27. The van der Waals surface area contributed by atoms with E-state index in [1.807, 2.05) is 19.6 Å². The zero-order valence-electron chi connectivity index (χ0n) is 9.71. The first-order valence-corrected chi connectivity index (χ1v) is 8.17. The molecule has 14 heavy (non-hydrogen) atoms. The van der Waals surface area contributed by atoms with E-state index in [1.54, 1.807) is 20.9 Å². The molecule has 0 atom stereocenters. The molecule has 1 heterocycles. The van der Waals surface area contributed by atoms with Gasteiger partial charge in [0.15, 0.2) is 8.24 Å². The van der Waals surface area contributed by atoms with Gasteiger partial charge in [0.25, 0.3) is 0 Å². The molecule has 0 aromatic heterocycles. The van der Waals surface area contributed by atoms with Gasteiger partial charge in [-0.2, -0.15) is 0 Å². The molecule has 5 heteroatoms. The monoisotopic (exact) mass is 214 g/mol. The van der Waals surface area contributed by atoms with Crippen LogP contribution >= 0.6 is 0 Å². The van der Waals surface area contributed by atoms with Crippen molar-refractivity contribution >= 4 is 20.2 Å². The van der Waals surface area contributed by atoms with Crippen molar-refractivity contribution in [3.63, 3.8) is 0 Å². The third-order valence-electron chi connectivity index (χ3n) is 2.71. The lowest BCUT2D eigenvalue weighted by Crippen LogP contribution is -2.51. The number of hydrogen-bond acceptors (Lipinski definition) is 2. The summed E-state index contributed by atoms with van der Waals surface area (Å²) in [6.07, 6.45) is 0. The highest BCUT2D eigenvalue weighted by Crippen LogP contribution is 2.29. The summed E-state index contributed by atoms with van der Waals surface area (Å²) in [5.74, 6) is -0.0656. The number of carbonyl (C=O) groups excluding carboxylic acids is 2. The number of hydrogen-bond donors (Lipinski definition) is 0. The van der Waals surface area contributed by atoms with Crippen LogP contribution in [0.5, 0.6) is 0 Å². The molecule has 1 saturated heterocycles. The summed E-state index contributed by atoms with van der Waals surface area (Å²) >= 11 is 0. The van der Waals surface area contributed by atoms with E-state index >= 15 is 0 Å². The minimum absolute atomic E-state index is 0.0656. The number of amides is 3. The Labute approximate surface area is 86.0 Å². The number of urea groups is 1. The van der Waals surface area contributed by atoms with Crippen molar-refractivity contribution in [1.29, 1.82) is 0 Å². The van der Waals surface area contributed by atoms with Crippen molar-refractivity contribution < 1.29 is 9.59 Å². The molecule has 80 valence electrons. The predicted octanol–water partition coefficient (Wildman–Crippen LogP) is 1.49. The van der Waals surface area contributed by atoms with Crippen LogP contribution in [-0.4, -0.2) is 42.2 Å². The number of carbonyl (C=O) groups is 2. The molecule has 1 rings (SSSR count). The lowest BCUT2D eigenvalue weighted by atomic mass is 10.1. The average molecular weight is 214 g/mol. The van der Waals surface area contributed by atoms with Crippen molar-refractivity contribution in [2.24, 2.45) is 0 Å². The molecular weight excluding hydrogens is 196 g/mol. The van der Waals surface area contributed by atoms with E-state index < -0.39 is 13.8 Å². The molecule has 0 saturated carbocycles. The van der Waals surface area contributed by atoms with Gasteiger partial charge in [0, 0.05) is 7.05 Å². The Hall–Kier alpha value is -0.843. The molecule has 1 aliphatic rings. The Balaban J connectivity index is 3.15. The first-order chi connectivity index (χ1) is 6.10. The number of rotatable bonds is 1. The summed E-state index contributed by atoms with van der Waals surface area (Å²) in [6, 6.07) is -0.154. The van der Waals surface area contributed by atoms with Crippen LogP contribution in [0.15, 0.2) is 0 Å². The molecule has 0 spiro atoms. The zero-order valence-corrected chi connectivity index (χ0v) is 10.7. The molecule has 0 radical (unpaired) electrons.